The SMILES string of the molecule is CCOC(=O)C1=CCN(S(=O)(=O)c2ccc([N+](=O)[O-])cc2)C1c1cccc2ccccc12. The number of carbonyl (C=O) groups is 1. The molecule has 3 aromatic carbocycles. The van der Waals surface area contributed by atoms with E-state index < -0.39 is 27.0 Å². The number of benzene rings is 3. The summed E-state index contributed by atoms with van der Waals surface area (Å²) < 4.78 is 33.5. The molecule has 4 rings (SSSR count). The molecule has 0 aliphatic carbocycles. The lowest BCUT2D eigenvalue weighted by Gasteiger charge is -2.27. The molecule has 0 amide bonds. The van der Waals surface area contributed by atoms with E-state index in [1.54, 1.807) is 19.1 Å². The minimum atomic E-state index is -4.08. The number of nitrogens with zero attached hydrogens (tertiary/aromatic N) is 2. The minimum Gasteiger partial charge on any atom is -0.463 e. The Kier molecular flexibility index (Phi) is 5.77. The molecule has 32 heavy (non-hydrogen) atoms. The number of hydrogen-bond donors (Lipinski definition) is 0. The van der Waals surface area contributed by atoms with E-state index in [9.17, 15) is 23.3 Å². The highest BCUT2D eigenvalue weighted by atomic mass is 32.2. The van der Waals surface area contributed by atoms with Gasteiger partial charge in [-0.3, -0.25) is 10.1 Å². The predicted molar refractivity (Wildman–Crippen MR) is 118 cm³/mol. The number of carbonyl (C=O) groups excluding carboxylic acids is 1. The lowest BCUT2D eigenvalue weighted by Crippen LogP contribution is -2.33. The maximum atomic E-state index is 13.5. The number of nitro groups is 1. The molecule has 9 heteroatoms. The summed E-state index contributed by atoms with van der Waals surface area (Å²) in [6, 6.07) is 16.9. The maximum absolute atomic E-state index is 13.5. The number of rotatable bonds is 6. The van der Waals surface area contributed by atoms with Crippen molar-refractivity contribution < 1.29 is 22.9 Å². The number of nitro benzene ring substituents is 1. The first-order valence-corrected chi connectivity index (χ1v) is 11.4. The van der Waals surface area contributed by atoms with Crippen LogP contribution in [-0.4, -0.2) is 36.8 Å². The molecule has 8 nitrogen and oxygen atoms in total. The molecular formula is C23H20N2O6S. The Morgan fingerprint density at radius 2 is 1.78 bits per heavy atom. The lowest BCUT2D eigenvalue weighted by atomic mass is 9.95. The minimum absolute atomic E-state index is 0.0264. The molecular weight excluding hydrogens is 432 g/mol. The molecule has 1 unspecified atom stereocenters. The van der Waals surface area contributed by atoms with Crippen molar-refractivity contribution in [3.05, 3.63) is 94.1 Å². The van der Waals surface area contributed by atoms with Gasteiger partial charge in [-0.2, -0.15) is 4.31 Å². The summed E-state index contributed by atoms with van der Waals surface area (Å²) in [7, 11) is -4.08. The first kappa shape index (κ1) is 21.7. The second-order valence-corrected chi connectivity index (χ2v) is 9.07. The van der Waals surface area contributed by atoms with Gasteiger partial charge >= 0.3 is 5.97 Å². The predicted octanol–water partition coefficient (Wildman–Crippen LogP) is 3.98. The molecule has 164 valence electrons. The lowest BCUT2D eigenvalue weighted by molar-refractivity contribution is -0.384. The van der Waals surface area contributed by atoms with Crippen molar-refractivity contribution in [3.8, 4) is 0 Å². The molecule has 1 heterocycles. The van der Waals surface area contributed by atoms with Gasteiger partial charge in [0.25, 0.3) is 5.69 Å². The summed E-state index contributed by atoms with van der Waals surface area (Å²) in [6.45, 7) is 1.82. The van der Waals surface area contributed by atoms with Crippen LogP contribution >= 0.6 is 0 Å². The van der Waals surface area contributed by atoms with Crippen LogP contribution in [0.1, 0.15) is 18.5 Å². The Morgan fingerprint density at radius 1 is 1.09 bits per heavy atom. The van der Waals surface area contributed by atoms with Crippen molar-refractivity contribution in [2.75, 3.05) is 13.2 Å². The van der Waals surface area contributed by atoms with E-state index in [0.717, 1.165) is 22.9 Å². The van der Waals surface area contributed by atoms with Crippen molar-refractivity contribution in [1.29, 1.82) is 0 Å². The number of sulfonamides is 1. The second-order valence-electron chi connectivity index (χ2n) is 7.18. The standard InChI is InChI=1S/C23H20N2O6S/c1-2-31-23(26)21-14-15-24(32(29,30)18-12-10-17(11-13-18)25(27)28)22(21)20-9-5-7-16-6-3-4-8-19(16)20/h3-14,22H,2,15H2,1H3. The first-order valence-electron chi connectivity index (χ1n) is 9.95. The molecule has 1 aliphatic rings. The van der Waals surface area contributed by atoms with Crippen molar-refractivity contribution in [2.24, 2.45) is 0 Å². The van der Waals surface area contributed by atoms with Crippen LogP contribution in [0.4, 0.5) is 5.69 Å². The summed E-state index contributed by atoms with van der Waals surface area (Å²) >= 11 is 0. The van der Waals surface area contributed by atoms with Crippen LogP contribution in [0.2, 0.25) is 0 Å². The van der Waals surface area contributed by atoms with Crippen LogP contribution in [0.5, 0.6) is 0 Å². The smallest absolute Gasteiger partial charge is 0.335 e. The third-order valence-electron chi connectivity index (χ3n) is 5.36. The Hall–Kier alpha value is -3.56. The van der Waals surface area contributed by atoms with Crippen LogP contribution < -0.4 is 0 Å². The summed E-state index contributed by atoms with van der Waals surface area (Å²) in [5.41, 5.74) is 0.695. The number of non-ortho nitro benzene ring substituents is 1. The zero-order chi connectivity index (χ0) is 22.9. The zero-order valence-electron chi connectivity index (χ0n) is 17.2. The Labute approximate surface area is 184 Å². The van der Waals surface area contributed by atoms with Gasteiger partial charge in [0, 0.05) is 18.7 Å². The number of fused-ring (bicyclic) bond motifs is 1. The van der Waals surface area contributed by atoms with Gasteiger partial charge in [0.1, 0.15) is 0 Å². The van der Waals surface area contributed by atoms with Gasteiger partial charge in [-0.05, 0) is 35.4 Å². The quantitative estimate of drug-likeness (QED) is 0.318. The highest BCUT2D eigenvalue weighted by Gasteiger charge is 2.41. The third-order valence-corrected chi connectivity index (χ3v) is 7.20. The van der Waals surface area contributed by atoms with Crippen LogP contribution in [0.3, 0.4) is 0 Å². The summed E-state index contributed by atoms with van der Waals surface area (Å²) in [5.74, 6) is -0.577. The molecule has 0 N–H and O–H groups in total. The molecule has 1 atom stereocenters. The first-order chi connectivity index (χ1) is 15.3. The molecule has 0 aromatic heterocycles. The van der Waals surface area contributed by atoms with Crippen molar-refractivity contribution >= 4 is 32.5 Å². The van der Waals surface area contributed by atoms with Crippen molar-refractivity contribution in [3.63, 3.8) is 0 Å². The van der Waals surface area contributed by atoms with Crippen LogP contribution in [-0.2, 0) is 19.6 Å². The molecule has 0 spiro atoms. The van der Waals surface area contributed by atoms with Gasteiger partial charge in [0.15, 0.2) is 0 Å². The van der Waals surface area contributed by atoms with Gasteiger partial charge in [-0.25, -0.2) is 13.2 Å². The van der Waals surface area contributed by atoms with Gasteiger partial charge in [0.05, 0.1) is 28.0 Å². The van der Waals surface area contributed by atoms with Crippen LogP contribution in [0.25, 0.3) is 10.8 Å². The fourth-order valence-electron chi connectivity index (χ4n) is 3.89. The van der Waals surface area contributed by atoms with E-state index in [4.69, 9.17) is 4.74 Å². The average molecular weight is 452 g/mol. The van der Waals surface area contributed by atoms with Gasteiger partial charge < -0.3 is 4.74 Å². The van der Waals surface area contributed by atoms with E-state index in [2.05, 4.69) is 0 Å². The molecule has 0 bridgehead atoms. The Bertz CT molecular complexity index is 1330. The highest BCUT2D eigenvalue weighted by Crippen LogP contribution is 2.41. The fraction of sp³-hybridized carbons (Fsp3) is 0.174. The topological polar surface area (TPSA) is 107 Å². The Morgan fingerprint density at radius 3 is 2.47 bits per heavy atom. The van der Waals surface area contributed by atoms with E-state index >= 15 is 0 Å². The summed E-state index contributed by atoms with van der Waals surface area (Å²) in [5, 5.41) is 12.7. The maximum Gasteiger partial charge on any atom is 0.335 e. The van der Waals surface area contributed by atoms with Gasteiger partial charge in [-0.15, -0.1) is 0 Å². The molecule has 3 aromatic rings. The van der Waals surface area contributed by atoms with Crippen LogP contribution in [0, 0.1) is 10.1 Å². The van der Waals surface area contributed by atoms with Gasteiger partial charge in [-0.1, -0.05) is 48.5 Å². The number of ether oxygens (including phenoxy) is 1. The zero-order valence-corrected chi connectivity index (χ0v) is 18.0. The normalized spacial score (nSPS) is 16.7. The van der Waals surface area contributed by atoms with Crippen LogP contribution in [0.15, 0.2) is 83.3 Å². The molecule has 0 fully saturated rings. The van der Waals surface area contributed by atoms with E-state index in [1.807, 2.05) is 36.4 Å². The van der Waals surface area contributed by atoms with Gasteiger partial charge in [0.2, 0.25) is 10.0 Å². The molecule has 0 saturated carbocycles. The second kappa shape index (κ2) is 8.52. The third kappa shape index (κ3) is 3.76. The van der Waals surface area contributed by atoms with E-state index in [-0.39, 0.29) is 29.3 Å². The van der Waals surface area contributed by atoms with E-state index in [1.165, 1.54) is 16.4 Å². The number of esters is 1. The molecule has 0 radical (unpaired) electrons. The number of hydrogen-bond acceptors (Lipinski definition) is 6. The fourth-order valence-corrected chi connectivity index (χ4v) is 5.42. The summed E-state index contributed by atoms with van der Waals surface area (Å²) in [6.07, 6.45) is 1.56. The monoisotopic (exact) mass is 452 g/mol. The highest BCUT2D eigenvalue weighted by molar-refractivity contribution is 7.89. The molecule has 0 saturated heterocycles. The average Bonchev–Trinajstić information content (AvgIpc) is 3.25. The molecule has 1 aliphatic heterocycles. The summed E-state index contributed by atoms with van der Waals surface area (Å²) in [4.78, 5) is 23.0. The van der Waals surface area contributed by atoms with E-state index in [0.29, 0.717) is 5.56 Å². The largest absolute Gasteiger partial charge is 0.463 e. The van der Waals surface area contributed by atoms with Crippen molar-refractivity contribution in [1.82, 2.24) is 4.31 Å². The Balaban J connectivity index is 1.84. The van der Waals surface area contributed by atoms with Crippen molar-refractivity contribution in [2.45, 2.75) is 17.9 Å².